The number of rotatable bonds is 4. The summed E-state index contributed by atoms with van der Waals surface area (Å²) in [4.78, 5) is 18.3. The number of aromatic nitrogens is 1. The Morgan fingerprint density at radius 3 is 2.74 bits per heavy atom. The van der Waals surface area contributed by atoms with Crippen molar-refractivity contribution >= 4 is 10.9 Å². The van der Waals surface area contributed by atoms with E-state index in [0.29, 0.717) is 13.0 Å². The molecule has 5 nitrogen and oxygen atoms in total. The van der Waals surface area contributed by atoms with E-state index < -0.39 is 5.60 Å². The second-order valence-corrected chi connectivity index (χ2v) is 9.05. The Morgan fingerprint density at radius 1 is 1.13 bits per heavy atom. The highest BCUT2D eigenvalue weighted by molar-refractivity contribution is 5.80. The van der Waals surface area contributed by atoms with Gasteiger partial charge in [0.25, 0.3) is 5.56 Å². The molecular weight excluding hydrogens is 388 g/mol. The van der Waals surface area contributed by atoms with Crippen molar-refractivity contribution < 1.29 is 9.84 Å². The van der Waals surface area contributed by atoms with Gasteiger partial charge in [0.15, 0.2) is 0 Å². The first-order chi connectivity index (χ1) is 15.1. The van der Waals surface area contributed by atoms with Crippen molar-refractivity contribution in [1.82, 2.24) is 9.88 Å². The summed E-state index contributed by atoms with van der Waals surface area (Å²) < 4.78 is 5.35. The molecule has 1 saturated carbocycles. The predicted octanol–water partition coefficient (Wildman–Crippen LogP) is 4.19. The fourth-order valence-electron chi connectivity index (χ4n) is 5.75. The maximum atomic E-state index is 12.8. The topological polar surface area (TPSA) is 65.6 Å². The summed E-state index contributed by atoms with van der Waals surface area (Å²) in [5, 5.41) is 12.7. The molecule has 0 spiro atoms. The number of aromatic amines is 1. The Labute approximate surface area is 182 Å². The van der Waals surface area contributed by atoms with E-state index in [2.05, 4.69) is 22.0 Å². The van der Waals surface area contributed by atoms with Crippen LogP contribution in [0.25, 0.3) is 10.9 Å². The highest BCUT2D eigenvalue weighted by Crippen LogP contribution is 2.47. The monoisotopic (exact) mass is 418 g/mol. The minimum absolute atomic E-state index is 0.0334. The van der Waals surface area contributed by atoms with Gasteiger partial charge in [0.2, 0.25) is 0 Å². The van der Waals surface area contributed by atoms with Crippen LogP contribution in [0.15, 0.2) is 59.4 Å². The zero-order valence-corrected chi connectivity index (χ0v) is 18.0. The number of likely N-dealkylation sites (tertiary alicyclic amines) is 1. The summed E-state index contributed by atoms with van der Waals surface area (Å²) in [6.45, 7) is 1.39. The molecule has 1 saturated heterocycles. The molecule has 1 aromatic heterocycles. The number of ether oxygens (including phenoxy) is 1. The molecule has 31 heavy (non-hydrogen) atoms. The van der Waals surface area contributed by atoms with Crippen molar-refractivity contribution in [2.24, 2.45) is 5.92 Å². The van der Waals surface area contributed by atoms with Crippen LogP contribution in [0.2, 0.25) is 0 Å². The van der Waals surface area contributed by atoms with Gasteiger partial charge in [-0.15, -0.1) is 0 Å². The lowest BCUT2D eigenvalue weighted by atomic mass is 9.66. The van der Waals surface area contributed by atoms with Crippen LogP contribution in [0.1, 0.15) is 43.2 Å². The summed E-state index contributed by atoms with van der Waals surface area (Å²) in [7, 11) is 1.65. The Balaban J connectivity index is 1.45. The minimum Gasteiger partial charge on any atom is -0.497 e. The zero-order chi connectivity index (χ0) is 21.4. The maximum Gasteiger partial charge on any atom is 0.252 e. The normalized spacial score (nSPS) is 26.5. The van der Waals surface area contributed by atoms with Crippen LogP contribution in [0.3, 0.4) is 0 Å². The maximum absolute atomic E-state index is 12.8. The molecule has 5 rings (SSSR count). The van der Waals surface area contributed by atoms with Gasteiger partial charge in [-0.25, -0.2) is 0 Å². The number of pyridine rings is 1. The quantitative estimate of drug-likeness (QED) is 0.667. The number of nitrogens with zero attached hydrogens (tertiary/aromatic N) is 1. The van der Waals surface area contributed by atoms with Crippen molar-refractivity contribution in [3.63, 3.8) is 0 Å². The SMILES string of the molecule is COc1ccc2[nH]c(=O)c(CN3CC[C@@](O)(c4ccccc4)[C@H]4CCCC[C@H]43)cc2c1. The second kappa shape index (κ2) is 8.13. The third-order valence-electron chi connectivity index (χ3n) is 7.37. The molecule has 0 bridgehead atoms. The van der Waals surface area contributed by atoms with Gasteiger partial charge in [0.05, 0.1) is 12.7 Å². The molecule has 0 unspecified atom stereocenters. The zero-order valence-electron chi connectivity index (χ0n) is 18.0. The van der Waals surface area contributed by atoms with Crippen LogP contribution in [0, 0.1) is 5.92 Å². The molecule has 1 aliphatic carbocycles. The first-order valence-electron chi connectivity index (χ1n) is 11.3. The van der Waals surface area contributed by atoms with Crippen LogP contribution in [-0.2, 0) is 12.1 Å². The average molecular weight is 419 g/mol. The Hall–Kier alpha value is -2.63. The van der Waals surface area contributed by atoms with E-state index in [1.807, 2.05) is 42.5 Å². The third-order valence-corrected chi connectivity index (χ3v) is 7.37. The number of piperidine rings is 1. The van der Waals surface area contributed by atoms with Gasteiger partial charge < -0.3 is 14.8 Å². The van der Waals surface area contributed by atoms with E-state index in [4.69, 9.17) is 4.74 Å². The molecule has 162 valence electrons. The molecule has 2 aliphatic rings. The van der Waals surface area contributed by atoms with Gasteiger partial charge in [-0.05, 0) is 49.1 Å². The van der Waals surface area contributed by atoms with Crippen molar-refractivity contribution in [1.29, 1.82) is 0 Å². The number of benzene rings is 2. The smallest absolute Gasteiger partial charge is 0.252 e. The average Bonchev–Trinajstić information content (AvgIpc) is 2.82. The molecule has 5 heteroatoms. The molecule has 2 N–H and O–H groups in total. The molecule has 0 amide bonds. The first kappa shape index (κ1) is 20.3. The summed E-state index contributed by atoms with van der Waals surface area (Å²) >= 11 is 0. The van der Waals surface area contributed by atoms with Crippen molar-refractivity contribution in [3.8, 4) is 5.75 Å². The van der Waals surface area contributed by atoms with Gasteiger partial charge in [-0.3, -0.25) is 9.69 Å². The summed E-state index contributed by atoms with van der Waals surface area (Å²) in [5.74, 6) is 0.973. The first-order valence-corrected chi connectivity index (χ1v) is 11.3. The second-order valence-electron chi connectivity index (χ2n) is 9.05. The van der Waals surface area contributed by atoms with Crippen molar-refractivity contribution in [2.45, 2.75) is 50.3 Å². The van der Waals surface area contributed by atoms with E-state index in [1.165, 1.54) is 6.42 Å². The molecule has 0 radical (unpaired) electrons. The number of aliphatic hydroxyl groups is 1. The summed E-state index contributed by atoms with van der Waals surface area (Å²) in [5.41, 5.74) is 1.81. The fourth-order valence-corrected chi connectivity index (χ4v) is 5.75. The number of nitrogens with one attached hydrogen (secondary N) is 1. The molecule has 2 aromatic carbocycles. The van der Waals surface area contributed by atoms with Gasteiger partial charge in [0.1, 0.15) is 5.75 Å². The van der Waals surface area contributed by atoms with Gasteiger partial charge in [-0.1, -0.05) is 43.2 Å². The Bertz CT molecular complexity index is 1130. The van der Waals surface area contributed by atoms with E-state index >= 15 is 0 Å². The van der Waals surface area contributed by atoms with E-state index in [-0.39, 0.29) is 17.5 Å². The number of H-pyrrole nitrogens is 1. The Kier molecular flexibility index (Phi) is 5.32. The van der Waals surface area contributed by atoms with Crippen molar-refractivity contribution in [2.75, 3.05) is 13.7 Å². The summed E-state index contributed by atoms with van der Waals surface area (Å²) in [6, 6.07) is 18.1. The largest absolute Gasteiger partial charge is 0.497 e. The third kappa shape index (κ3) is 3.66. The van der Waals surface area contributed by atoms with E-state index in [0.717, 1.165) is 53.6 Å². The van der Waals surface area contributed by atoms with Crippen LogP contribution in [0.5, 0.6) is 5.75 Å². The van der Waals surface area contributed by atoms with Crippen LogP contribution in [-0.4, -0.2) is 34.7 Å². The van der Waals surface area contributed by atoms with Gasteiger partial charge >= 0.3 is 0 Å². The molecule has 3 aromatic rings. The lowest BCUT2D eigenvalue weighted by molar-refractivity contribution is -0.123. The molecule has 2 fully saturated rings. The molecule has 1 aliphatic heterocycles. The van der Waals surface area contributed by atoms with Crippen molar-refractivity contribution in [3.05, 3.63) is 76.1 Å². The van der Waals surface area contributed by atoms with Crippen LogP contribution in [0.4, 0.5) is 0 Å². The highest BCUT2D eigenvalue weighted by atomic mass is 16.5. The molecular formula is C26H30N2O3. The van der Waals surface area contributed by atoms with E-state index in [9.17, 15) is 9.90 Å². The number of hydrogen-bond acceptors (Lipinski definition) is 4. The van der Waals surface area contributed by atoms with Gasteiger partial charge in [0, 0.05) is 41.5 Å². The summed E-state index contributed by atoms with van der Waals surface area (Å²) in [6.07, 6.45) is 5.11. The standard InChI is InChI=1S/C26H30N2O3/c1-31-21-11-12-23-18(16-21)15-19(25(29)27-23)17-28-14-13-26(30,20-7-3-2-4-8-20)22-9-5-6-10-24(22)28/h2-4,7-8,11-12,15-16,22,24,30H,5-6,9-10,13-14,17H2,1H3,(H,27,29)/t22-,24+,26+/m0/s1. The molecule has 3 atom stereocenters. The number of hydrogen-bond donors (Lipinski definition) is 2. The number of methoxy groups -OCH3 is 1. The Morgan fingerprint density at radius 2 is 1.94 bits per heavy atom. The minimum atomic E-state index is -0.786. The van der Waals surface area contributed by atoms with E-state index in [1.54, 1.807) is 7.11 Å². The predicted molar refractivity (Wildman–Crippen MR) is 122 cm³/mol. The van der Waals surface area contributed by atoms with Gasteiger partial charge in [-0.2, -0.15) is 0 Å². The highest BCUT2D eigenvalue weighted by Gasteiger charge is 2.49. The lowest BCUT2D eigenvalue weighted by Gasteiger charge is -2.52. The molecule has 2 heterocycles. The van der Waals surface area contributed by atoms with Crippen LogP contribution >= 0.6 is 0 Å². The number of fused-ring (bicyclic) bond motifs is 2. The lowest BCUT2D eigenvalue weighted by Crippen LogP contribution is -2.57. The fraction of sp³-hybridized carbons (Fsp3) is 0.423. The van der Waals surface area contributed by atoms with Crippen LogP contribution < -0.4 is 10.3 Å².